The third-order valence-electron chi connectivity index (χ3n) is 3.25. The number of carbonyl (C=O) groups is 1. The zero-order valence-electron chi connectivity index (χ0n) is 12.1. The lowest BCUT2D eigenvalue weighted by molar-refractivity contribution is -0.113. The fourth-order valence-electron chi connectivity index (χ4n) is 2.09. The first-order chi connectivity index (χ1) is 10.7. The number of carbonyl (C=O) groups excluding carboxylic acids is 1. The summed E-state index contributed by atoms with van der Waals surface area (Å²) in [4.78, 5) is 12.0. The lowest BCUT2D eigenvalue weighted by atomic mass is 10.1. The van der Waals surface area contributed by atoms with Crippen molar-refractivity contribution in [3.05, 3.63) is 53.9 Å². The first-order valence-electron chi connectivity index (χ1n) is 6.87. The Labute approximate surface area is 137 Å². The van der Waals surface area contributed by atoms with Crippen molar-refractivity contribution >= 4 is 45.9 Å². The Hall–Kier alpha value is -1.92. The second kappa shape index (κ2) is 6.89. The van der Waals surface area contributed by atoms with Crippen molar-refractivity contribution in [2.24, 2.45) is 0 Å². The average Bonchev–Trinajstić information content (AvgIpc) is 2.92. The standard InChI is InChI=1S/C16H15N3OS2/c1-11-15(19-22-18-11)9-21-10-16(20)17-14-7-6-12-4-2-3-5-13(12)8-14/h2-8H,9-10H2,1H3,(H,17,20). The maximum atomic E-state index is 12.0. The highest BCUT2D eigenvalue weighted by Crippen LogP contribution is 2.19. The molecule has 3 rings (SSSR count). The molecule has 3 aromatic rings. The van der Waals surface area contributed by atoms with E-state index in [9.17, 15) is 4.79 Å². The molecule has 0 aliphatic rings. The van der Waals surface area contributed by atoms with Crippen molar-refractivity contribution < 1.29 is 4.79 Å². The van der Waals surface area contributed by atoms with Crippen LogP contribution in [0, 0.1) is 6.92 Å². The van der Waals surface area contributed by atoms with Crippen molar-refractivity contribution in [2.45, 2.75) is 12.7 Å². The monoisotopic (exact) mass is 329 g/mol. The molecule has 0 bridgehead atoms. The minimum Gasteiger partial charge on any atom is -0.325 e. The molecule has 0 aliphatic heterocycles. The molecule has 1 N–H and O–H groups in total. The highest BCUT2D eigenvalue weighted by Gasteiger charge is 2.07. The summed E-state index contributed by atoms with van der Waals surface area (Å²) in [6.07, 6.45) is 0. The molecule has 1 heterocycles. The van der Waals surface area contributed by atoms with Gasteiger partial charge in [-0.05, 0) is 29.8 Å². The minimum absolute atomic E-state index is 0.00104. The normalized spacial score (nSPS) is 10.8. The Bertz CT molecular complexity index is 801. The molecule has 1 amide bonds. The SMILES string of the molecule is Cc1nsnc1CSCC(=O)Nc1ccc2ccccc2c1. The van der Waals surface area contributed by atoms with Crippen molar-refractivity contribution in [3.63, 3.8) is 0 Å². The maximum absolute atomic E-state index is 12.0. The molecule has 0 unspecified atom stereocenters. The van der Waals surface area contributed by atoms with Crippen LogP contribution in [0.1, 0.15) is 11.4 Å². The number of benzene rings is 2. The Morgan fingerprint density at radius 2 is 2.00 bits per heavy atom. The van der Waals surface area contributed by atoms with Gasteiger partial charge in [-0.1, -0.05) is 30.3 Å². The van der Waals surface area contributed by atoms with Gasteiger partial charge in [-0.2, -0.15) is 8.75 Å². The number of fused-ring (bicyclic) bond motifs is 1. The number of nitrogens with zero attached hydrogens (tertiary/aromatic N) is 2. The average molecular weight is 329 g/mol. The molecule has 6 heteroatoms. The third-order valence-corrected chi connectivity index (χ3v) is 4.85. The summed E-state index contributed by atoms with van der Waals surface area (Å²) in [5.74, 6) is 1.12. The van der Waals surface area contributed by atoms with Crippen LogP contribution in [0.15, 0.2) is 42.5 Å². The molecule has 22 heavy (non-hydrogen) atoms. The van der Waals surface area contributed by atoms with Gasteiger partial charge in [-0.25, -0.2) is 0 Å². The van der Waals surface area contributed by atoms with Crippen LogP contribution in [0.4, 0.5) is 5.69 Å². The van der Waals surface area contributed by atoms with E-state index >= 15 is 0 Å². The Balaban J connectivity index is 1.55. The molecule has 0 fully saturated rings. The van der Waals surface area contributed by atoms with Gasteiger partial charge in [0.15, 0.2) is 0 Å². The van der Waals surface area contributed by atoms with Crippen LogP contribution in [-0.4, -0.2) is 20.4 Å². The first kappa shape index (κ1) is 15.0. The smallest absolute Gasteiger partial charge is 0.234 e. The number of aromatic nitrogens is 2. The van der Waals surface area contributed by atoms with E-state index < -0.39 is 0 Å². The van der Waals surface area contributed by atoms with Crippen LogP contribution in [-0.2, 0) is 10.5 Å². The van der Waals surface area contributed by atoms with Gasteiger partial charge >= 0.3 is 0 Å². The summed E-state index contributed by atoms with van der Waals surface area (Å²) >= 11 is 2.76. The summed E-state index contributed by atoms with van der Waals surface area (Å²) < 4.78 is 8.34. The van der Waals surface area contributed by atoms with E-state index in [-0.39, 0.29) is 5.91 Å². The number of rotatable bonds is 5. The van der Waals surface area contributed by atoms with Crippen molar-refractivity contribution in [1.29, 1.82) is 0 Å². The van der Waals surface area contributed by atoms with Gasteiger partial charge < -0.3 is 5.32 Å². The number of hydrogen-bond acceptors (Lipinski definition) is 5. The third kappa shape index (κ3) is 3.64. The molecule has 0 saturated heterocycles. The molecule has 0 saturated carbocycles. The van der Waals surface area contributed by atoms with Gasteiger partial charge in [-0.15, -0.1) is 11.8 Å². The molecule has 4 nitrogen and oxygen atoms in total. The number of hydrogen-bond donors (Lipinski definition) is 1. The largest absolute Gasteiger partial charge is 0.325 e. The Morgan fingerprint density at radius 1 is 1.18 bits per heavy atom. The number of amides is 1. The van der Waals surface area contributed by atoms with Crippen LogP contribution >= 0.6 is 23.5 Å². The van der Waals surface area contributed by atoms with Crippen molar-refractivity contribution in [2.75, 3.05) is 11.1 Å². The highest BCUT2D eigenvalue weighted by atomic mass is 32.2. The van der Waals surface area contributed by atoms with Gasteiger partial charge in [0.05, 0.1) is 28.9 Å². The van der Waals surface area contributed by atoms with E-state index in [4.69, 9.17) is 0 Å². The van der Waals surface area contributed by atoms with E-state index in [1.807, 2.05) is 43.3 Å². The van der Waals surface area contributed by atoms with Crippen molar-refractivity contribution in [1.82, 2.24) is 8.75 Å². The van der Waals surface area contributed by atoms with Crippen LogP contribution < -0.4 is 5.32 Å². The maximum Gasteiger partial charge on any atom is 0.234 e. The van der Waals surface area contributed by atoms with Gasteiger partial charge in [-0.3, -0.25) is 4.79 Å². The van der Waals surface area contributed by atoms with Gasteiger partial charge in [0, 0.05) is 11.4 Å². The Morgan fingerprint density at radius 3 is 2.77 bits per heavy atom. The fraction of sp³-hybridized carbons (Fsp3) is 0.188. The predicted octanol–water partition coefficient (Wildman–Crippen LogP) is 3.87. The zero-order valence-corrected chi connectivity index (χ0v) is 13.7. The molecule has 2 aromatic carbocycles. The topological polar surface area (TPSA) is 54.9 Å². The minimum atomic E-state index is 0.00104. The van der Waals surface area contributed by atoms with Gasteiger partial charge in [0.2, 0.25) is 5.91 Å². The van der Waals surface area contributed by atoms with Crippen molar-refractivity contribution in [3.8, 4) is 0 Å². The summed E-state index contributed by atoms with van der Waals surface area (Å²) in [5, 5.41) is 5.23. The van der Waals surface area contributed by atoms with E-state index in [0.717, 1.165) is 22.5 Å². The van der Waals surface area contributed by atoms with E-state index in [1.165, 1.54) is 17.1 Å². The summed E-state index contributed by atoms with van der Waals surface area (Å²) in [6.45, 7) is 1.94. The van der Waals surface area contributed by atoms with Crippen LogP contribution in [0.3, 0.4) is 0 Å². The molecule has 0 aliphatic carbocycles. The van der Waals surface area contributed by atoms with Crippen LogP contribution in [0.5, 0.6) is 0 Å². The number of anilines is 1. The quantitative estimate of drug-likeness (QED) is 0.772. The van der Waals surface area contributed by atoms with Crippen LogP contribution in [0.25, 0.3) is 10.8 Å². The molecule has 0 atom stereocenters. The summed E-state index contributed by atoms with van der Waals surface area (Å²) in [5.41, 5.74) is 2.75. The molecule has 0 radical (unpaired) electrons. The molecule has 112 valence electrons. The summed E-state index contributed by atoms with van der Waals surface area (Å²) in [7, 11) is 0. The van der Waals surface area contributed by atoms with Gasteiger partial charge in [0.25, 0.3) is 0 Å². The molecule has 1 aromatic heterocycles. The molecular formula is C16H15N3OS2. The van der Waals surface area contributed by atoms with Gasteiger partial charge in [0.1, 0.15) is 0 Å². The number of thioether (sulfide) groups is 1. The molecule has 0 spiro atoms. The van der Waals surface area contributed by atoms with Crippen LogP contribution in [0.2, 0.25) is 0 Å². The number of nitrogens with one attached hydrogen (secondary N) is 1. The predicted molar refractivity (Wildman–Crippen MR) is 93.4 cm³/mol. The zero-order chi connectivity index (χ0) is 15.4. The summed E-state index contributed by atoms with van der Waals surface area (Å²) in [6, 6.07) is 14.0. The lowest BCUT2D eigenvalue weighted by Crippen LogP contribution is -2.14. The second-order valence-electron chi connectivity index (χ2n) is 4.90. The molecular weight excluding hydrogens is 314 g/mol. The Kier molecular flexibility index (Phi) is 4.70. The second-order valence-corrected chi connectivity index (χ2v) is 6.41. The van der Waals surface area contributed by atoms with E-state index in [1.54, 1.807) is 11.8 Å². The number of aryl methyl sites for hydroxylation is 1. The van der Waals surface area contributed by atoms with E-state index in [2.05, 4.69) is 20.1 Å². The highest BCUT2D eigenvalue weighted by molar-refractivity contribution is 7.99. The van der Waals surface area contributed by atoms with E-state index in [0.29, 0.717) is 11.5 Å². The fourth-order valence-corrected chi connectivity index (χ4v) is 3.56. The lowest BCUT2D eigenvalue weighted by Gasteiger charge is -2.06. The first-order valence-corrected chi connectivity index (χ1v) is 8.75.